The van der Waals surface area contributed by atoms with Crippen molar-refractivity contribution in [3.05, 3.63) is 94.7 Å². The average molecular weight is 495 g/mol. The van der Waals surface area contributed by atoms with Crippen molar-refractivity contribution < 1.29 is 0 Å². The molecule has 2 aromatic heterocycles. The largest absolute Gasteiger partial charge is 0.376 e. The molecule has 9 nitrogen and oxygen atoms in total. The zero-order valence-electron chi connectivity index (χ0n) is 21.3. The molecule has 0 saturated heterocycles. The molecule has 5 rings (SSSR count). The number of aromatic amines is 1. The van der Waals surface area contributed by atoms with Gasteiger partial charge in [-0.2, -0.15) is 9.90 Å². The van der Waals surface area contributed by atoms with Crippen LogP contribution < -0.4 is 10.6 Å². The van der Waals surface area contributed by atoms with Crippen LogP contribution in [0.15, 0.2) is 77.6 Å². The van der Waals surface area contributed by atoms with Gasteiger partial charge in [-0.25, -0.2) is 4.79 Å². The van der Waals surface area contributed by atoms with Crippen LogP contribution in [0, 0.1) is 0 Å². The van der Waals surface area contributed by atoms with Gasteiger partial charge in [-0.3, -0.25) is 4.57 Å². The van der Waals surface area contributed by atoms with Crippen molar-refractivity contribution in [1.29, 1.82) is 0 Å². The van der Waals surface area contributed by atoms with E-state index in [0.29, 0.717) is 12.4 Å². The number of hydrogen-bond acceptors (Lipinski definition) is 6. The van der Waals surface area contributed by atoms with E-state index in [1.807, 2.05) is 67.5 Å². The van der Waals surface area contributed by atoms with E-state index in [0.717, 1.165) is 58.7 Å². The predicted molar refractivity (Wildman–Crippen MR) is 145 cm³/mol. The number of hydrogen-bond donors (Lipinski definition) is 1. The number of benzene rings is 3. The third kappa shape index (κ3) is 4.93. The lowest BCUT2D eigenvalue weighted by molar-refractivity contribution is 0.666. The Balaban J connectivity index is 1.49. The van der Waals surface area contributed by atoms with Crippen LogP contribution >= 0.6 is 0 Å². The molecular weight excluding hydrogens is 464 g/mol. The molecule has 0 atom stereocenters. The molecular formula is C28H30N8O. The van der Waals surface area contributed by atoms with Gasteiger partial charge in [0.25, 0.3) is 0 Å². The van der Waals surface area contributed by atoms with Crippen LogP contribution in [0.3, 0.4) is 0 Å². The molecule has 0 fully saturated rings. The Morgan fingerprint density at radius 1 is 0.919 bits per heavy atom. The number of nitrogens with zero attached hydrogens (tertiary/aromatic N) is 7. The van der Waals surface area contributed by atoms with Gasteiger partial charge in [0, 0.05) is 26.1 Å². The molecule has 0 radical (unpaired) electrons. The van der Waals surface area contributed by atoms with E-state index in [4.69, 9.17) is 5.10 Å². The van der Waals surface area contributed by atoms with E-state index in [-0.39, 0.29) is 5.69 Å². The quantitative estimate of drug-likeness (QED) is 0.327. The zero-order valence-corrected chi connectivity index (χ0v) is 21.3. The number of anilines is 1. The summed E-state index contributed by atoms with van der Waals surface area (Å²) in [6.07, 6.45) is 2.75. The van der Waals surface area contributed by atoms with Gasteiger partial charge in [0.2, 0.25) is 5.82 Å². The number of aromatic nitrogens is 7. The van der Waals surface area contributed by atoms with Crippen molar-refractivity contribution in [1.82, 2.24) is 35.0 Å². The fourth-order valence-electron chi connectivity index (χ4n) is 4.47. The molecule has 3 aromatic carbocycles. The standard InChI is InChI=1S/C28H30N8O/c1-4-5-14-26-31-36(25-13-9-8-12-24(25)34(2)3)28(37)35(26)19-20-15-17-21(18-16-20)22-10-6-7-11-23(22)27-29-32-33-30-27/h6-13,15-18H,4-5,14,19H2,1-3H3,(H,29,30,32,33). The minimum absolute atomic E-state index is 0.132. The number of para-hydroxylation sites is 2. The van der Waals surface area contributed by atoms with Gasteiger partial charge in [0.1, 0.15) is 5.82 Å². The first-order valence-corrected chi connectivity index (χ1v) is 12.4. The Morgan fingerprint density at radius 3 is 2.35 bits per heavy atom. The molecule has 0 amide bonds. The number of tetrazole rings is 1. The van der Waals surface area contributed by atoms with Crippen molar-refractivity contribution in [3.63, 3.8) is 0 Å². The highest BCUT2D eigenvalue weighted by Crippen LogP contribution is 2.30. The molecule has 37 heavy (non-hydrogen) atoms. The molecule has 0 spiro atoms. The molecule has 0 saturated carbocycles. The molecule has 9 heteroatoms. The summed E-state index contributed by atoms with van der Waals surface area (Å²) in [6.45, 7) is 2.60. The summed E-state index contributed by atoms with van der Waals surface area (Å²) >= 11 is 0. The highest BCUT2D eigenvalue weighted by atomic mass is 16.2. The van der Waals surface area contributed by atoms with Crippen molar-refractivity contribution in [2.45, 2.75) is 32.7 Å². The third-order valence-corrected chi connectivity index (χ3v) is 6.40. The maximum absolute atomic E-state index is 13.6. The molecule has 0 aliphatic heterocycles. The van der Waals surface area contributed by atoms with Crippen LogP contribution in [0.25, 0.3) is 28.2 Å². The molecule has 188 valence electrons. The summed E-state index contributed by atoms with van der Waals surface area (Å²) < 4.78 is 3.33. The third-order valence-electron chi connectivity index (χ3n) is 6.40. The van der Waals surface area contributed by atoms with E-state index in [2.05, 4.69) is 51.8 Å². The number of H-pyrrole nitrogens is 1. The zero-order chi connectivity index (χ0) is 25.8. The molecule has 0 aliphatic carbocycles. The molecule has 0 aliphatic rings. The topological polar surface area (TPSA) is 97.5 Å². The fourth-order valence-corrected chi connectivity index (χ4v) is 4.47. The van der Waals surface area contributed by atoms with Crippen molar-refractivity contribution in [2.24, 2.45) is 0 Å². The van der Waals surface area contributed by atoms with Crippen LogP contribution in [-0.4, -0.2) is 49.1 Å². The molecule has 1 N–H and O–H groups in total. The number of aryl methyl sites for hydroxylation is 1. The Kier molecular flexibility index (Phi) is 6.93. The van der Waals surface area contributed by atoms with Crippen molar-refractivity contribution >= 4 is 5.69 Å². The van der Waals surface area contributed by atoms with Crippen molar-refractivity contribution in [2.75, 3.05) is 19.0 Å². The summed E-state index contributed by atoms with van der Waals surface area (Å²) in [5, 5.41) is 19.3. The normalized spacial score (nSPS) is 11.1. The summed E-state index contributed by atoms with van der Waals surface area (Å²) in [5.74, 6) is 1.35. The van der Waals surface area contributed by atoms with Crippen LogP contribution in [0.4, 0.5) is 5.69 Å². The number of unbranched alkanes of at least 4 members (excludes halogenated alkanes) is 1. The molecule has 2 heterocycles. The van der Waals surface area contributed by atoms with Crippen LogP contribution in [0.1, 0.15) is 31.2 Å². The molecule has 0 bridgehead atoms. The Hall–Kier alpha value is -4.53. The number of nitrogens with one attached hydrogen (secondary N) is 1. The second kappa shape index (κ2) is 10.6. The van der Waals surface area contributed by atoms with Crippen LogP contribution in [0.5, 0.6) is 0 Å². The lowest BCUT2D eigenvalue weighted by Crippen LogP contribution is -2.26. The first-order chi connectivity index (χ1) is 18.1. The highest BCUT2D eigenvalue weighted by molar-refractivity contribution is 5.80. The SMILES string of the molecule is CCCCc1nn(-c2ccccc2N(C)C)c(=O)n1Cc1ccc(-c2ccccc2-c2nn[nH]n2)cc1. The summed E-state index contributed by atoms with van der Waals surface area (Å²) in [6, 6.07) is 24.1. The Bertz CT molecular complexity index is 1530. The first-order valence-electron chi connectivity index (χ1n) is 12.4. The van der Waals surface area contributed by atoms with Crippen LogP contribution in [-0.2, 0) is 13.0 Å². The van der Waals surface area contributed by atoms with Gasteiger partial charge >= 0.3 is 5.69 Å². The van der Waals surface area contributed by atoms with Crippen molar-refractivity contribution in [3.8, 4) is 28.2 Å². The van der Waals surface area contributed by atoms with Gasteiger partial charge in [-0.15, -0.1) is 15.3 Å². The highest BCUT2D eigenvalue weighted by Gasteiger charge is 2.18. The van der Waals surface area contributed by atoms with E-state index in [9.17, 15) is 4.79 Å². The Labute approximate surface area is 215 Å². The van der Waals surface area contributed by atoms with Gasteiger partial charge in [-0.05, 0) is 40.5 Å². The van der Waals surface area contributed by atoms with E-state index in [1.54, 1.807) is 4.57 Å². The first kappa shape index (κ1) is 24.2. The minimum atomic E-state index is -0.132. The second-order valence-electron chi connectivity index (χ2n) is 9.16. The molecule has 5 aromatic rings. The lowest BCUT2D eigenvalue weighted by atomic mass is 9.98. The van der Waals surface area contributed by atoms with Gasteiger partial charge in [0.05, 0.1) is 17.9 Å². The fraction of sp³-hybridized carbons (Fsp3) is 0.250. The number of rotatable bonds is 9. The minimum Gasteiger partial charge on any atom is -0.376 e. The molecule has 0 unspecified atom stereocenters. The summed E-state index contributed by atoms with van der Waals surface area (Å²) in [7, 11) is 3.94. The van der Waals surface area contributed by atoms with E-state index in [1.165, 1.54) is 4.68 Å². The predicted octanol–water partition coefficient (Wildman–Crippen LogP) is 4.34. The van der Waals surface area contributed by atoms with E-state index >= 15 is 0 Å². The second-order valence-corrected chi connectivity index (χ2v) is 9.16. The van der Waals surface area contributed by atoms with E-state index < -0.39 is 0 Å². The van der Waals surface area contributed by atoms with Crippen LogP contribution in [0.2, 0.25) is 0 Å². The monoisotopic (exact) mass is 494 g/mol. The van der Waals surface area contributed by atoms with Gasteiger partial charge < -0.3 is 4.90 Å². The van der Waals surface area contributed by atoms with Gasteiger partial charge in [-0.1, -0.05) is 74.0 Å². The maximum atomic E-state index is 13.6. The van der Waals surface area contributed by atoms with Gasteiger partial charge in [0.15, 0.2) is 0 Å². The maximum Gasteiger partial charge on any atom is 0.351 e. The lowest BCUT2D eigenvalue weighted by Gasteiger charge is -2.16. The Morgan fingerprint density at radius 2 is 1.65 bits per heavy atom. The summed E-state index contributed by atoms with van der Waals surface area (Å²) in [4.78, 5) is 15.6. The smallest absolute Gasteiger partial charge is 0.351 e. The average Bonchev–Trinajstić information content (AvgIpc) is 3.57. The summed E-state index contributed by atoms with van der Waals surface area (Å²) in [5.41, 5.74) is 5.59.